The first-order valence-corrected chi connectivity index (χ1v) is 5.70. The van der Waals surface area contributed by atoms with Gasteiger partial charge in [-0.3, -0.25) is 0 Å². The Kier molecular flexibility index (Phi) is 7.28. The average molecular weight is 244 g/mol. The lowest BCUT2D eigenvalue weighted by Gasteiger charge is -2.03. The van der Waals surface area contributed by atoms with Crippen LogP contribution in [0, 0.1) is 0 Å². The van der Waals surface area contributed by atoms with Gasteiger partial charge in [0.1, 0.15) is 0 Å². The molecule has 1 aromatic rings. The molecule has 98 valence electrons. The Morgan fingerprint density at radius 3 is 2.94 bits per heavy atom. The van der Waals surface area contributed by atoms with Gasteiger partial charge in [0.05, 0.1) is 13.2 Å². The maximum absolute atomic E-state index is 5.37. The van der Waals surface area contributed by atoms with Crippen LogP contribution in [0.1, 0.15) is 12.3 Å². The Balaban J connectivity index is 2.01. The van der Waals surface area contributed by atoms with Gasteiger partial charge in [-0.05, 0) is 6.42 Å². The van der Waals surface area contributed by atoms with Crippen molar-refractivity contribution in [3.63, 3.8) is 0 Å². The molecule has 0 amide bonds. The molecule has 0 atom stereocenters. The highest BCUT2D eigenvalue weighted by Crippen LogP contribution is 2.05. The lowest BCUT2D eigenvalue weighted by molar-refractivity contribution is 0.0705. The molecular formula is C10H20N4O3. The van der Waals surface area contributed by atoms with E-state index in [4.69, 9.17) is 19.6 Å². The first-order valence-electron chi connectivity index (χ1n) is 5.70. The third-order valence-electron chi connectivity index (χ3n) is 2.00. The van der Waals surface area contributed by atoms with Crippen molar-refractivity contribution in [3.8, 4) is 0 Å². The Morgan fingerprint density at radius 2 is 2.18 bits per heavy atom. The highest BCUT2D eigenvalue weighted by molar-refractivity contribution is 5.16. The van der Waals surface area contributed by atoms with Crippen LogP contribution in [0.2, 0.25) is 0 Å². The summed E-state index contributed by atoms with van der Waals surface area (Å²) in [5.41, 5.74) is 5.37. The van der Waals surface area contributed by atoms with Crippen LogP contribution in [0.15, 0.2) is 4.42 Å². The summed E-state index contributed by atoms with van der Waals surface area (Å²) in [5.74, 6) is 0.561. The van der Waals surface area contributed by atoms with E-state index < -0.39 is 0 Å². The number of ether oxygens (including phenoxy) is 2. The van der Waals surface area contributed by atoms with Crippen molar-refractivity contribution in [1.29, 1.82) is 0 Å². The molecule has 0 aromatic carbocycles. The van der Waals surface area contributed by atoms with Crippen LogP contribution in [0.25, 0.3) is 0 Å². The topological polar surface area (TPSA) is 95.4 Å². The summed E-state index contributed by atoms with van der Waals surface area (Å²) in [7, 11) is 1.65. The van der Waals surface area contributed by atoms with E-state index in [9.17, 15) is 0 Å². The smallest absolute Gasteiger partial charge is 0.315 e. The molecule has 7 nitrogen and oxygen atoms in total. The SMILES string of the molecule is COCCOCCCNc1nnc(CCN)o1. The second-order valence-electron chi connectivity index (χ2n) is 3.43. The fourth-order valence-corrected chi connectivity index (χ4v) is 1.16. The molecule has 0 unspecified atom stereocenters. The maximum Gasteiger partial charge on any atom is 0.315 e. The first kappa shape index (κ1) is 13.9. The zero-order valence-electron chi connectivity index (χ0n) is 10.1. The Morgan fingerprint density at radius 1 is 1.29 bits per heavy atom. The van der Waals surface area contributed by atoms with Crippen molar-refractivity contribution in [2.75, 3.05) is 45.3 Å². The van der Waals surface area contributed by atoms with Crippen LogP contribution in [-0.2, 0) is 15.9 Å². The van der Waals surface area contributed by atoms with E-state index in [0.29, 0.717) is 44.7 Å². The maximum atomic E-state index is 5.37. The number of hydrogen-bond acceptors (Lipinski definition) is 7. The van der Waals surface area contributed by atoms with E-state index in [1.165, 1.54) is 0 Å². The molecule has 7 heteroatoms. The molecule has 0 saturated carbocycles. The monoisotopic (exact) mass is 244 g/mol. The van der Waals surface area contributed by atoms with E-state index in [-0.39, 0.29) is 0 Å². The number of rotatable bonds is 10. The fraction of sp³-hybridized carbons (Fsp3) is 0.800. The van der Waals surface area contributed by atoms with Gasteiger partial charge in [-0.15, -0.1) is 5.10 Å². The van der Waals surface area contributed by atoms with E-state index in [1.54, 1.807) is 7.11 Å². The number of nitrogens with zero attached hydrogens (tertiary/aromatic N) is 2. The van der Waals surface area contributed by atoms with Crippen molar-refractivity contribution in [2.24, 2.45) is 5.73 Å². The van der Waals surface area contributed by atoms with Gasteiger partial charge in [-0.2, -0.15) is 0 Å². The van der Waals surface area contributed by atoms with Gasteiger partial charge in [0.2, 0.25) is 5.89 Å². The van der Waals surface area contributed by atoms with Gasteiger partial charge in [0.25, 0.3) is 0 Å². The minimum absolute atomic E-state index is 0.436. The molecule has 1 heterocycles. The first-order chi connectivity index (χ1) is 8.36. The number of nitrogens with two attached hydrogens (primary N) is 1. The number of anilines is 1. The molecule has 1 aromatic heterocycles. The molecular weight excluding hydrogens is 224 g/mol. The molecule has 0 aliphatic rings. The molecule has 17 heavy (non-hydrogen) atoms. The third kappa shape index (κ3) is 6.20. The molecule has 0 radical (unpaired) electrons. The van der Waals surface area contributed by atoms with Gasteiger partial charge >= 0.3 is 6.01 Å². The van der Waals surface area contributed by atoms with E-state index in [2.05, 4.69) is 15.5 Å². The standard InChI is InChI=1S/C10H20N4O3/c1-15-7-8-16-6-2-5-12-10-14-13-9(17-10)3-4-11/h2-8,11H2,1H3,(H,12,14). The van der Waals surface area contributed by atoms with Gasteiger partial charge in [0.15, 0.2) is 0 Å². The molecule has 0 saturated heterocycles. The second-order valence-corrected chi connectivity index (χ2v) is 3.43. The minimum atomic E-state index is 0.436. The summed E-state index contributed by atoms with van der Waals surface area (Å²) >= 11 is 0. The van der Waals surface area contributed by atoms with Crippen LogP contribution in [0.3, 0.4) is 0 Å². The van der Waals surface area contributed by atoms with Crippen LogP contribution in [0.4, 0.5) is 6.01 Å². The molecule has 0 aliphatic heterocycles. The van der Waals surface area contributed by atoms with Crippen molar-refractivity contribution < 1.29 is 13.9 Å². The van der Waals surface area contributed by atoms with Gasteiger partial charge < -0.3 is 24.9 Å². The predicted octanol–water partition coefficient (Wildman–Crippen LogP) is 0.0358. The number of methoxy groups -OCH3 is 1. The van der Waals surface area contributed by atoms with Crippen LogP contribution in [-0.4, -0.2) is 50.2 Å². The van der Waals surface area contributed by atoms with Crippen LogP contribution < -0.4 is 11.1 Å². The van der Waals surface area contributed by atoms with E-state index in [1.807, 2.05) is 0 Å². The molecule has 0 aliphatic carbocycles. The summed E-state index contributed by atoms with van der Waals surface area (Å²) < 4.78 is 15.5. The quantitative estimate of drug-likeness (QED) is 0.561. The Bertz CT molecular complexity index is 293. The van der Waals surface area contributed by atoms with Gasteiger partial charge in [-0.25, -0.2) is 0 Å². The summed E-state index contributed by atoms with van der Waals surface area (Å²) in [6, 6.07) is 0.436. The van der Waals surface area contributed by atoms with E-state index in [0.717, 1.165) is 13.0 Å². The largest absolute Gasteiger partial charge is 0.408 e. The molecule has 0 bridgehead atoms. The van der Waals surface area contributed by atoms with Crippen molar-refractivity contribution in [3.05, 3.63) is 5.89 Å². The lowest BCUT2D eigenvalue weighted by atomic mass is 10.4. The summed E-state index contributed by atoms with van der Waals surface area (Å²) in [4.78, 5) is 0. The van der Waals surface area contributed by atoms with Gasteiger partial charge in [0, 0.05) is 33.2 Å². The van der Waals surface area contributed by atoms with Crippen LogP contribution in [0.5, 0.6) is 0 Å². The van der Waals surface area contributed by atoms with Crippen molar-refractivity contribution in [1.82, 2.24) is 10.2 Å². The molecule has 3 N–H and O–H groups in total. The zero-order chi connectivity index (χ0) is 12.3. The highest BCUT2D eigenvalue weighted by atomic mass is 16.5. The van der Waals surface area contributed by atoms with Crippen LogP contribution >= 0.6 is 0 Å². The third-order valence-corrected chi connectivity index (χ3v) is 2.00. The zero-order valence-corrected chi connectivity index (χ0v) is 10.1. The van der Waals surface area contributed by atoms with E-state index >= 15 is 0 Å². The molecule has 1 rings (SSSR count). The Hall–Kier alpha value is -1.18. The lowest BCUT2D eigenvalue weighted by Crippen LogP contribution is -2.08. The molecule has 0 fully saturated rings. The van der Waals surface area contributed by atoms with Crippen molar-refractivity contribution in [2.45, 2.75) is 12.8 Å². The molecule has 0 spiro atoms. The average Bonchev–Trinajstić information content (AvgIpc) is 2.76. The number of aromatic nitrogens is 2. The number of hydrogen-bond donors (Lipinski definition) is 2. The highest BCUT2D eigenvalue weighted by Gasteiger charge is 2.03. The van der Waals surface area contributed by atoms with Gasteiger partial charge in [-0.1, -0.05) is 5.10 Å². The predicted molar refractivity (Wildman–Crippen MR) is 62.9 cm³/mol. The Labute approximate surface area is 101 Å². The minimum Gasteiger partial charge on any atom is -0.408 e. The normalized spacial score (nSPS) is 10.7. The fourth-order valence-electron chi connectivity index (χ4n) is 1.16. The van der Waals surface area contributed by atoms with Crippen molar-refractivity contribution >= 4 is 6.01 Å². The second kappa shape index (κ2) is 8.91. The summed E-state index contributed by atoms with van der Waals surface area (Å²) in [6.45, 7) is 3.17. The summed E-state index contributed by atoms with van der Waals surface area (Å²) in [5, 5.41) is 10.7. The number of nitrogens with one attached hydrogen (secondary N) is 1. The summed E-state index contributed by atoms with van der Waals surface area (Å²) in [6.07, 6.45) is 1.48.